The molecule has 0 aliphatic carbocycles. The molecule has 1 fully saturated rings. The van der Waals surface area contributed by atoms with Gasteiger partial charge in [0, 0.05) is 25.2 Å². The van der Waals surface area contributed by atoms with E-state index in [-0.39, 0.29) is 18.1 Å². The van der Waals surface area contributed by atoms with Crippen molar-refractivity contribution in [3.8, 4) is 0 Å². The molecule has 0 bridgehead atoms. The number of hydrogen-bond acceptors (Lipinski definition) is 3. The molecule has 1 aliphatic heterocycles. The van der Waals surface area contributed by atoms with Crippen LogP contribution in [-0.2, 0) is 11.3 Å². The third kappa shape index (κ3) is 3.33. The van der Waals surface area contributed by atoms with Crippen molar-refractivity contribution in [1.29, 1.82) is 0 Å². The van der Waals surface area contributed by atoms with Crippen LogP contribution in [0.4, 0.5) is 0 Å². The first-order valence-electron chi connectivity index (χ1n) is 6.87. The highest BCUT2D eigenvalue weighted by Gasteiger charge is 2.27. The van der Waals surface area contributed by atoms with Gasteiger partial charge in [0.1, 0.15) is 0 Å². The molecular weight excluding hydrogens is 240 g/mol. The Kier molecular flexibility index (Phi) is 4.56. The van der Waals surface area contributed by atoms with Crippen LogP contribution in [0.1, 0.15) is 36.2 Å². The molecule has 0 aromatic heterocycles. The lowest BCUT2D eigenvalue weighted by Gasteiger charge is -2.36. The topological polar surface area (TPSA) is 55.6 Å². The standard InChI is InChI=1S/C15H22N2O2/c1-3-14-10-17(9-11(2)19-14)15(18)13-6-4-12(8-16)5-7-13/h4-7,11,14H,3,8-10,16H2,1-2H3/t11-,14-/m0/s1. The molecule has 1 amide bonds. The summed E-state index contributed by atoms with van der Waals surface area (Å²) in [4.78, 5) is 14.3. The summed E-state index contributed by atoms with van der Waals surface area (Å²) in [5.41, 5.74) is 7.32. The van der Waals surface area contributed by atoms with Crippen LogP contribution in [0, 0.1) is 0 Å². The van der Waals surface area contributed by atoms with Crippen LogP contribution in [0.15, 0.2) is 24.3 Å². The Balaban J connectivity index is 2.09. The van der Waals surface area contributed by atoms with Gasteiger partial charge in [0.2, 0.25) is 0 Å². The highest BCUT2D eigenvalue weighted by Crippen LogP contribution is 2.16. The van der Waals surface area contributed by atoms with Crippen LogP contribution < -0.4 is 5.73 Å². The molecule has 1 aromatic carbocycles. The largest absolute Gasteiger partial charge is 0.372 e. The lowest BCUT2D eigenvalue weighted by Crippen LogP contribution is -2.48. The van der Waals surface area contributed by atoms with Gasteiger partial charge in [-0.05, 0) is 31.0 Å². The third-order valence-electron chi connectivity index (χ3n) is 3.51. The Bertz CT molecular complexity index is 430. The molecule has 4 heteroatoms. The molecular formula is C15H22N2O2. The Labute approximate surface area is 114 Å². The molecule has 19 heavy (non-hydrogen) atoms. The SMILES string of the molecule is CC[C@H]1CN(C(=O)c2ccc(CN)cc2)C[C@H](C)O1. The molecule has 1 aliphatic rings. The van der Waals surface area contributed by atoms with Crippen LogP contribution in [0.2, 0.25) is 0 Å². The number of carbonyl (C=O) groups excluding carboxylic acids is 1. The summed E-state index contributed by atoms with van der Waals surface area (Å²) in [6.45, 7) is 5.94. The number of nitrogens with two attached hydrogens (primary N) is 1. The Morgan fingerprint density at radius 2 is 2.05 bits per heavy atom. The predicted molar refractivity (Wildman–Crippen MR) is 74.9 cm³/mol. The molecule has 0 spiro atoms. The van der Waals surface area contributed by atoms with E-state index < -0.39 is 0 Å². The van der Waals surface area contributed by atoms with Crippen molar-refractivity contribution >= 4 is 5.91 Å². The van der Waals surface area contributed by atoms with E-state index >= 15 is 0 Å². The van der Waals surface area contributed by atoms with Gasteiger partial charge in [0.25, 0.3) is 5.91 Å². The highest BCUT2D eigenvalue weighted by molar-refractivity contribution is 5.94. The quantitative estimate of drug-likeness (QED) is 0.903. The number of amides is 1. The van der Waals surface area contributed by atoms with Gasteiger partial charge in [-0.2, -0.15) is 0 Å². The molecule has 0 unspecified atom stereocenters. The molecule has 0 radical (unpaired) electrons. The minimum Gasteiger partial charge on any atom is -0.372 e. The molecule has 4 nitrogen and oxygen atoms in total. The average molecular weight is 262 g/mol. The molecule has 2 rings (SSSR count). The second-order valence-electron chi connectivity index (χ2n) is 5.09. The number of ether oxygens (including phenoxy) is 1. The normalized spacial score (nSPS) is 23.4. The van der Waals surface area contributed by atoms with Crippen molar-refractivity contribution in [3.05, 3.63) is 35.4 Å². The Morgan fingerprint density at radius 1 is 1.37 bits per heavy atom. The molecule has 2 N–H and O–H groups in total. The smallest absolute Gasteiger partial charge is 0.254 e. The second kappa shape index (κ2) is 6.17. The molecule has 1 heterocycles. The van der Waals surface area contributed by atoms with Crippen LogP contribution >= 0.6 is 0 Å². The van der Waals surface area contributed by atoms with Crippen molar-refractivity contribution in [2.45, 2.75) is 39.0 Å². The Hall–Kier alpha value is -1.39. The van der Waals surface area contributed by atoms with Crippen LogP contribution in [0.25, 0.3) is 0 Å². The zero-order valence-corrected chi connectivity index (χ0v) is 11.6. The lowest BCUT2D eigenvalue weighted by molar-refractivity contribution is -0.0681. The molecule has 1 saturated heterocycles. The van der Waals surface area contributed by atoms with Crippen LogP contribution in [-0.4, -0.2) is 36.1 Å². The van der Waals surface area contributed by atoms with E-state index in [2.05, 4.69) is 6.92 Å². The number of carbonyl (C=O) groups is 1. The van der Waals surface area contributed by atoms with Crippen molar-refractivity contribution in [3.63, 3.8) is 0 Å². The van der Waals surface area contributed by atoms with E-state index in [0.717, 1.165) is 17.5 Å². The maximum atomic E-state index is 12.4. The number of nitrogens with zero attached hydrogens (tertiary/aromatic N) is 1. The van der Waals surface area contributed by atoms with E-state index in [0.29, 0.717) is 19.6 Å². The summed E-state index contributed by atoms with van der Waals surface area (Å²) < 4.78 is 5.78. The van der Waals surface area contributed by atoms with Gasteiger partial charge in [0.15, 0.2) is 0 Å². The van der Waals surface area contributed by atoms with E-state index in [1.54, 1.807) is 0 Å². The fraction of sp³-hybridized carbons (Fsp3) is 0.533. The number of rotatable bonds is 3. The predicted octanol–water partition coefficient (Wildman–Crippen LogP) is 1.78. The zero-order valence-electron chi connectivity index (χ0n) is 11.6. The van der Waals surface area contributed by atoms with Crippen LogP contribution in [0.5, 0.6) is 0 Å². The van der Waals surface area contributed by atoms with E-state index in [1.807, 2.05) is 36.1 Å². The molecule has 1 aromatic rings. The van der Waals surface area contributed by atoms with Gasteiger partial charge < -0.3 is 15.4 Å². The van der Waals surface area contributed by atoms with Crippen LogP contribution in [0.3, 0.4) is 0 Å². The van der Waals surface area contributed by atoms with Gasteiger partial charge in [-0.15, -0.1) is 0 Å². The Morgan fingerprint density at radius 3 is 2.63 bits per heavy atom. The molecule has 104 valence electrons. The van der Waals surface area contributed by atoms with Crippen molar-refractivity contribution < 1.29 is 9.53 Å². The first-order chi connectivity index (χ1) is 9.13. The lowest BCUT2D eigenvalue weighted by atomic mass is 10.1. The zero-order chi connectivity index (χ0) is 13.8. The highest BCUT2D eigenvalue weighted by atomic mass is 16.5. The first kappa shape index (κ1) is 14.0. The minimum atomic E-state index is 0.0807. The maximum Gasteiger partial charge on any atom is 0.254 e. The summed E-state index contributed by atoms with van der Waals surface area (Å²) >= 11 is 0. The van der Waals surface area contributed by atoms with E-state index in [4.69, 9.17) is 10.5 Å². The van der Waals surface area contributed by atoms with Gasteiger partial charge in [0.05, 0.1) is 12.2 Å². The van der Waals surface area contributed by atoms with Crippen molar-refractivity contribution in [2.75, 3.05) is 13.1 Å². The van der Waals surface area contributed by atoms with Crippen molar-refractivity contribution in [1.82, 2.24) is 4.90 Å². The summed E-state index contributed by atoms with van der Waals surface area (Å²) in [6.07, 6.45) is 1.18. The van der Waals surface area contributed by atoms with Gasteiger partial charge in [-0.25, -0.2) is 0 Å². The summed E-state index contributed by atoms with van der Waals surface area (Å²) in [5, 5.41) is 0. The van der Waals surface area contributed by atoms with E-state index in [9.17, 15) is 4.79 Å². The fourth-order valence-electron chi connectivity index (χ4n) is 2.40. The summed E-state index contributed by atoms with van der Waals surface area (Å²) in [5.74, 6) is 0.0807. The van der Waals surface area contributed by atoms with E-state index in [1.165, 1.54) is 0 Å². The van der Waals surface area contributed by atoms with Crippen molar-refractivity contribution in [2.24, 2.45) is 5.73 Å². The fourth-order valence-corrected chi connectivity index (χ4v) is 2.40. The first-order valence-corrected chi connectivity index (χ1v) is 6.87. The van der Waals surface area contributed by atoms with Gasteiger partial charge in [-0.1, -0.05) is 19.1 Å². The third-order valence-corrected chi connectivity index (χ3v) is 3.51. The number of hydrogen-bond donors (Lipinski definition) is 1. The van der Waals surface area contributed by atoms with Gasteiger partial charge in [-0.3, -0.25) is 4.79 Å². The molecule has 0 saturated carbocycles. The summed E-state index contributed by atoms with van der Waals surface area (Å²) in [7, 11) is 0. The second-order valence-corrected chi connectivity index (χ2v) is 5.09. The average Bonchev–Trinajstić information content (AvgIpc) is 2.46. The molecule has 2 atom stereocenters. The summed E-state index contributed by atoms with van der Waals surface area (Å²) in [6, 6.07) is 7.53. The number of benzene rings is 1. The maximum absolute atomic E-state index is 12.4. The monoisotopic (exact) mass is 262 g/mol. The number of morpholine rings is 1. The van der Waals surface area contributed by atoms with Gasteiger partial charge >= 0.3 is 0 Å². The minimum absolute atomic E-state index is 0.0807.